The molecule has 0 radical (unpaired) electrons. The molecule has 0 unspecified atom stereocenters. The minimum absolute atomic E-state index is 0.0376. The first kappa shape index (κ1) is 20.8. The Hall–Kier alpha value is -1.93. The highest BCUT2D eigenvalue weighted by molar-refractivity contribution is 7.92. The van der Waals surface area contributed by atoms with Gasteiger partial charge in [-0.2, -0.15) is 5.10 Å². The Labute approximate surface area is 178 Å². The summed E-state index contributed by atoms with van der Waals surface area (Å²) in [5.74, 6) is 0.626. The molecule has 0 atom stereocenters. The lowest BCUT2D eigenvalue weighted by Gasteiger charge is -2.08. The van der Waals surface area contributed by atoms with Crippen molar-refractivity contribution < 1.29 is 13.2 Å². The van der Waals surface area contributed by atoms with Crippen LogP contribution in [0.5, 0.6) is 5.75 Å². The molecule has 10 heteroatoms. The van der Waals surface area contributed by atoms with E-state index in [1.165, 1.54) is 23.0 Å². The molecule has 1 aromatic heterocycles. The maximum Gasteiger partial charge on any atom is 0.263 e. The second-order valence-corrected chi connectivity index (χ2v) is 8.69. The smallest absolute Gasteiger partial charge is 0.263 e. The van der Waals surface area contributed by atoms with Crippen LogP contribution in [0, 0.1) is 0 Å². The first-order valence-corrected chi connectivity index (χ1v) is 10.8. The maximum absolute atomic E-state index is 12.6. The zero-order valence-electron chi connectivity index (χ0n) is 14.7. The zero-order chi connectivity index (χ0) is 20.3. The molecule has 28 heavy (non-hydrogen) atoms. The van der Waals surface area contributed by atoms with Crippen LogP contribution in [0.3, 0.4) is 0 Å². The highest BCUT2D eigenvalue weighted by atomic mass is 35.5. The lowest BCUT2D eigenvalue weighted by atomic mass is 10.2. The number of anilines is 1. The van der Waals surface area contributed by atoms with Crippen molar-refractivity contribution in [2.24, 2.45) is 0 Å². The summed E-state index contributed by atoms with van der Waals surface area (Å²) < 4.78 is 34.4. The number of nitrogens with zero attached hydrogens (tertiary/aromatic N) is 2. The van der Waals surface area contributed by atoms with E-state index in [0.29, 0.717) is 28.9 Å². The summed E-state index contributed by atoms with van der Waals surface area (Å²) in [4.78, 5) is 0.0750. The molecule has 0 saturated heterocycles. The van der Waals surface area contributed by atoms with Crippen molar-refractivity contribution in [1.82, 2.24) is 9.78 Å². The van der Waals surface area contributed by atoms with E-state index in [9.17, 15) is 8.42 Å². The Morgan fingerprint density at radius 3 is 2.39 bits per heavy atom. The lowest BCUT2D eigenvalue weighted by molar-refractivity contribution is 0.340. The third-order valence-electron chi connectivity index (χ3n) is 3.72. The number of halogens is 3. The molecule has 0 aliphatic rings. The molecule has 0 aliphatic heterocycles. The van der Waals surface area contributed by atoms with E-state index >= 15 is 0 Å². The van der Waals surface area contributed by atoms with Crippen molar-refractivity contribution in [3.63, 3.8) is 0 Å². The van der Waals surface area contributed by atoms with Gasteiger partial charge in [0.05, 0.1) is 28.1 Å². The van der Waals surface area contributed by atoms with E-state index in [2.05, 4.69) is 9.82 Å². The number of ether oxygens (including phenoxy) is 1. The van der Waals surface area contributed by atoms with Gasteiger partial charge in [0.25, 0.3) is 10.0 Å². The molecule has 2 aromatic carbocycles. The van der Waals surface area contributed by atoms with Crippen LogP contribution >= 0.6 is 34.8 Å². The van der Waals surface area contributed by atoms with Gasteiger partial charge in [-0.1, -0.05) is 40.9 Å². The Bertz CT molecular complexity index is 1080. The van der Waals surface area contributed by atoms with Crippen LogP contribution in [0.4, 0.5) is 5.82 Å². The van der Waals surface area contributed by atoms with E-state index in [4.69, 9.17) is 39.5 Å². The largest absolute Gasteiger partial charge is 0.494 e. The second kappa shape index (κ2) is 8.61. The fourth-order valence-electron chi connectivity index (χ4n) is 2.44. The normalized spacial score (nSPS) is 11.4. The third-order valence-corrected chi connectivity index (χ3v) is 6.09. The molecule has 0 spiro atoms. The summed E-state index contributed by atoms with van der Waals surface area (Å²) in [6.45, 7) is 2.69. The Kier molecular flexibility index (Phi) is 6.40. The van der Waals surface area contributed by atoms with Crippen LogP contribution in [-0.2, 0) is 16.6 Å². The zero-order valence-corrected chi connectivity index (χ0v) is 17.8. The molecule has 0 saturated carbocycles. The number of benzene rings is 2. The molecule has 0 amide bonds. The second-order valence-electron chi connectivity index (χ2n) is 5.78. The summed E-state index contributed by atoms with van der Waals surface area (Å²) in [5, 5.41) is 5.26. The highest BCUT2D eigenvalue weighted by Crippen LogP contribution is 2.26. The first-order chi connectivity index (χ1) is 13.3. The van der Waals surface area contributed by atoms with Gasteiger partial charge in [-0.05, 0) is 48.9 Å². The number of hydrogen-bond donors (Lipinski definition) is 1. The van der Waals surface area contributed by atoms with Gasteiger partial charge in [-0.15, -0.1) is 0 Å². The molecule has 0 aliphatic carbocycles. The van der Waals surface area contributed by atoms with Gasteiger partial charge >= 0.3 is 0 Å². The van der Waals surface area contributed by atoms with Gasteiger partial charge < -0.3 is 4.74 Å². The van der Waals surface area contributed by atoms with Gasteiger partial charge in [0, 0.05) is 6.20 Å². The number of aromatic nitrogens is 2. The Morgan fingerprint density at radius 2 is 1.75 bits per heavy atom. The minimum Gasteiger partial charge on any atom is -0.494 e. The third kappa shape index (κ3) is 4.91. The molecule has 6 nitrogen and oxygen atoms in total. The van der Waals surface area contributed by atoms with Crippen molar-refractivity contribution in [1.29, 1.82) is 0 Å². The van der Waals surface area contributed by atoms with Gasteiger partial charge in [0.15, 0.2) is 5.82 Å². The van der Waals surface area contributed by atoms with Crippen molar-refractivity contribution in [3.8, 4) is 5.75 Å². The van der Waals surface area contributed by atoms with Crippen LogP contribution in [0.15, 0.2) is 53.6 Å². The number of hydrogen-bond acceptors (Lipinski definition) is 4. The fraction of sp³-hybridized carbons (Fsp3) is 0.167. The maximum atomic E-state index is 12.6. The number of nitrogens with one attached hydrogen (secondary N) is 1. The van der Waals surface area contributed by atoms with E-state index in [1.54, 1.807) is 30.3 Å². The van der Waals surface area contributed by atoms with Crippen molar-refractivity contribution >= 4 is 50.6 Å². The van der Waals surface area contributed by atoms with Crippen LogP contribution in [0.25, 0.3) is 0 Å². The molecule has 3 rings (SSSR count). The van der Waals surface area contributed by atoms with Crippen molar-refractivity contribution in [3.05, 3.63) is 69.3 Å². The SMILES string of the molecule is CCOc1ccc(S(=O)(=O)Nc2nn(Cc3ccc(Cl)c(Cl)c3)cc2Cl)cc1. The summed E-state index contributed by atoms with van der Waals surface area (Å²) in [6, 6.07) is 11.3. The summed E-state index contributed by atoms with van der Waals surface area (Å²) in [7, 11) is -3.84. The molecule has 1 N–H and O–H groups in total. The molecule has 3 aromatic rings. The average Bonchev–Trinajstić information content (AvgIpc) is 2.97. The first-order valence-electron chi connectivity index (χ1n) is 8.21. The average molecular weight is 461 g/mol. The molecule has 1 heterocycles. The highest BCUT2D eigenvalue weighted by Gasteiger charge is 2.18. The van der Waals surface area contributed by atoms with Gasteiger partial charge in [0.2, 0.25) is 0 Å². The van der Waals surface area contributed by atoms with Gasteiger partial charge in [-0.3, -0.25) is 9.40 Å². The topological polar surface area (TPSA) is 73.2 Å². The van der Waals surface area contributed by atoms with E-state index < -0.39 is 10.0 Å². The predicted octanol–water partition coefficient (Wildman–Crippen LogP) is 5.09. The van der Waals surface area contributed by atoms with Crippen LogP contribution < -0.4 is 9.46 Å². The monoisotopic (exact) mass is 459 g/mol. The Morgan fingerprint density at radius 1 is 1.04 bits per heavy atom. The van der Waals surface area contributed by atoms with E-state index in [0.717, 1.165) is 5.56 Å². The minimum atomic E-state index is -3.84. The quantitative estimate of drug-likeness (QED) is 0.533. The lowest BCUT2D eigenvalue weighted by Crippen LogP contribution is -2.14. The van der Waals surface area contributed by atoms with E-state index in [-0.39, 0.29) is 15.7 Å². The van der Waals surface area contributed by atoms with Crippen LogP contribution in [0.1, 0.15) is 12.5 Å². The predicted molar refractivity (Wildman–Crippen MR) is 111 cm³/mol. The summed E-state index contributed by atoms with van der Waals surface area (Å²) in [5.41, 5.74) is 0.842. The number of rotatable bonds is 7. The van der Waals surface area contributed by atoms with Gasteiger partial charge in [0.1, 0.15) is 10.8 Å². The Balaban J connectivity index is 1.77. The summed E-state index contributed by atoms with van der Waals surface area (Å²) >= 11 is 18.1. The van der Waals surface area contributed by atoms with E-state index in [1.807, 2.05) is 6.92 Å². The van der Waals surface area contributed by atoms with Crippen LogP contribution in [-0.4, -0.2) is 24.8 Å². The standard InChI is InChI=1S/C18H16Cl3N3O3S/c1-2-27-13-4-6-14(7-5-13)28(25,26)23-18-17(21)11-24(22-18)10-12-3-8-15(19)16(20)9-12/h3-9,11H,2,10H2,1H3,(H,22,23). The summed E-state index contributed by atoms with van der Waals surface area (Å²) in [6.07, 6.45) is 1.53. The van der Waals surface area contributed by atoms with Crippen molar-refractivity contribution in [2.45, 2.75) is 18.4 Å². The molecule has 148 valence electrons. The van der Waals surface area contributed by atoms with Crippen molar-refractivity contribution in [2.75, 3.05) is 11.3 Å². The fourth-order valence-corrected chi connectivity index (χ4v) is 4.03. The van der Waals surface area contributed by atoms with Gasteiger partial charge in [-0.25, -0.2) is 8.42 Å². The van der Waals surface area contributed by atoms with Crippen LogP contribution in [0.2, 0.25) is 15.1 Å². The molecule has 0 bridgehead atoms. The molecular formula is C18H16Cl3N3O3S. The molecule has 0 fully saturated rings. The molecular weight excluding hydrogens is 445 g/mol. The number of sulfonamides is 1.